The Morgan fingerprint density at radius 3 is 2.55 bits per heavy atom. The predicted molar refractivity (Wildman–Crippen MR) is 86.4 cm³/mol. The Balaban J connectivity index is 1.71. The Morgan fingerprint density at radius 1 is 1.09 bits per heavy atom. The normalized spacial score (nSPS) is 14.5. The van der Waals surface area contributed by atoms with E-state index in [1.165, 1.54) is 0 Å². The zero-order valence-electron chi connectivity index (χ0n) is 12.6. The minimum Gasteiger partial charge on any atom is -0.495 e. The van der Waals surface area contributed by atoms with Crippen molar-refractivity contribution in [3.8, 4) is 11.8 Å². The Labute approximate surface area is 130 Å². The van der Waals surface area contributed by atoms with E-state index in [0.29, 0.717) is 5.56 Å². The highest BCUT2D eigenvalue weighted by Crippen LogP contribution is 2.28. The van der Waals surface area contributed by atoms with Gasteiger partial charge in [-0.2, -0.15) is 5.26 Å². The molecule has 1 aromatic heterocycles. The molecular formula is C17H18N4O. The van der Waals surface area contributed by atoms with Gasteiger partial charge in [0.15, 0.2) is 0 Å². The van der Waals surface area contributed by atoms with Crippen molar-refractivity contribution in [2.24, 2.45) is 0 Å². The minimum absolute atomic E-state index is 0.650. The second-order valence-corrected chi connectivity index (χ2v) is 5.16. The van der Waals surface area contributed by atoms with Crippen LogP contribution in [0.25, 0.3) is 0 Å². The van der Waals surface area contributed by atoms with Crippen LogP contribution < -0.4 is 14.5 Å². The van der Waals surface area contributed by atoms with Gasteiger partial charge in [0, 0.05) is 32.4 Å². The minimum atomic E-state index is 0.650. The van der Waals surface area contributed by atoms with Crippen LogP contribution in [0.2, 0.25) is 0 Å². The topological polar surface area (TPSA) is 52.4 Å². The van der Waals surface area contributed by atoms with E-state index >= 15 is 0 Å². The molecule has 0 atom stereocenters. The number of aromatic nitrogens is 1. The number of benzene rings is 1. The fourth-order valence-electron chi connectivity index (χ4n) is 2.73. The SMILES string of the molecule is COc1ccccc1N1CCN(c2cc(C#N)ccn2)CC1. The summed E-state index contributed by atoms with van der Waals surface area (Å²) in [5.74, 6) is 1.78. The molecule has 2 aromatic rings. The van der Waals surface area contributed by atoms with E-state index in [1.54, 1.807) is 19.4 Å². The average Bonchev–Trinajstić information content (AvgIpc) is 2.62. The van der Waals surface area contributed by atoms with Gasteiger partial charge >= 0.3 is 0 Å². The zero-order chi connectivity index (χ0) is 15.4. The average molecular weight is 294 g/mol. The van der Waals surface area contributed by atoms with Gasteiger partial charge in [-0.25, -0.2) is 4.98 Å². The molecule has 1 aromatic carbocycles. The van der Waals surface area contributed by atoms with E-state index in [0.717, 1.165) is 43.4 Å². The number of piperazine rings is 1. The van der Waals surface area contributed by atoms with Gasteiger partial charge in [0.05, 0.1) is 24.4 Å². The smallest absolute Gasteiger partial charge is 0.142 e. The second-order valence-electron chi connectivity index (χ2n) is 5.16. The van der Waals surface area contributed by atoms with Crippen molar-refractivity contribution < 1.29 is 4.74 Å². The molecule has 0 radical (unpaired) electrons. The molecule has 1 fully saturated rings. The van der Waals surface area contributed by atoms with Crippen LogP contribution in [0.15, 0.2) is 42.6 Å². The van der Waals surface area contributed by atoms with Gasteiger partial charge in [0.25, 0.3) is 0 Å². The Morgan fingerprint density at radius 2 is 1.82 bits per heavy atom. The summed E-state index contributed by atoms with van der Waals surface area (Å²) >= 11 is 0. The second kappa shape index (κ2) is 6.35. The first kappa shape index (κ1) is 14.2. The summed E-state index contributed by atoms with van der Waals surface area (Å²) in [7, 11) is 1.70. The quantitative estimate of drug-likeness (QED) is 0.869. The summed E-state index contributed by atoms with van der Waals surface area (Å²) in [6.07, 6.45) is 1.69. The van der Waals surface area contributed by atoms with E-state index in [1.807, 2.05) is 24.3 Å². The van der Waals surface area contributed by atoms with Crippen LogP contribution in [0.5, 0.6) is 5.75 Å². The highest BCUT2D eigenvalue weighted by molar-refractivity contribution is 5.59. The monoisotopic (exact) mass is 294 g/mol. The van der Waals surface area contributed by atoms with E-state index in [2.05, 4.69) is 26.9 Å². The number of hydrogen-bond donors (Lipinski definition) is 0. The lowest BCUT2D eigenvalue weighted by molar-refractivity contribution is 0.413. The van der Waals surface area contributed by atoms with Gasteiger partial charge < -0.3 is 14.5 Å². The number of pyridine rings is 1. The summed E-state index contributed by atoms with van der Waals surface area (Å²) in [5.41, 5.74) is 1.78. The molecule has 0 spiro atoms. The lowest BCUT2D eigenvalue weighted by atomic mass is 10.2. The van der Waals surface area contributed by atoms with Crippen molar-refractivity contribution >= 4 is 11.5 Å². The standard InChI is InChI=1S/C17H18N4O/c1-22-16-5-3-2-4-15(16)20-8-10-21(11-9-20)17-12-14(13-18)6-7-19-17/h2-7,12H,8-11H2,1H3. The maximum Gasteiger partial charge on any atom is 0.142 e. The lowest BCUT2D eigenvalue weighted by Crippen LogP contribution is -2.47. The third kappa shape index (κ3) is 2.82. The van der Waals surface area contributed by atoms with Crippen molar-refractivity contribution in [2.75, 3.05) is 43.1 Å². The van der Waals surface area contributed by atoms with Crippen molar-refractivity contribution in [1.82, 2.24) is 4.98 Å². The molecule has 0 amide bonds. The van der Waals surface area contributed by atoms with E-state index < -0.39 is 0 Å². The number of nitriles is 1. The third-order valence-electron chi connectivity index (χ3n) is 3.90. The van der Waals surface area contributed by atoms with Gasteiger partial charge in [-0.3, -0.25) is 0 Å². The first-order chi connectivity index (χ1) is 10.8. The molecule has 3 rings (SSSR count). The molecule has 0 aliphatic carbocycles. The molecule has 112 valence electrons. The Kier molecular flexibility index (Phi) is 4.10. The van der Waals surface area contributed by atoms with Gasteiger partial charge in [-0.1, -0.05) is 12.1 Å². The van der Waals surface area contributed by atoms with Crippen molar-refractivity contribution in [3.63, 3.8) is 0 Å². The molecule has 5 nitrogen and oxygen atoms in total. The molecule has 1 aliphatic heterocycles. The lowest BCUT2D eigenvalue weighted by Gasteiger charge is -2.37. The molecular weight excluding hydrogens is 276 g/mol. The maximum atomic E-state index is 8.99. The number of nitrogens with zero attached hydrogens (tertiary/aromatic N) is 4. The highest BCUT2D eigenvalue weighted by atomic mass is 16.5. The summed E-state index contributed by atoms with van der Waals surface area (Å²) < 4.78 is 5.44. The van der Waals surface area contributed by atoms with E-state index in [-0.39, 0.29) is 0 Å². The number of anilines is 2. The van der Waals surface area contributed by atoms with Gasteiger partial charge in [0.1, 0.15) is 11.6 Å². The maximum absolute atomic E-state index is 8.99. The highest BCUT2D eigenvalue weighted by Gasteiger charge is 2.20. The van der Waals surface area contributed by atoms with Gasteiger partial charge in [0.2, 0.25) is 0 Å². The van der Waals surface area contributed by atoms with Gasteiger partial charge in [-0.05, 0) is 24.3 Å². The molecule has 0 unspecified atom stereocenters. The largest absolute Gasteiger partial charge is 0.495 e. The summed E-state index contributed by atoms with van der Waals surface area (Å²) in [4.78, 5) is 8.91. The van der Waals surface area contributed by atoms with Crippen LogP contribution in [0.4, 0.5) is 11.5 Å². The summed E-state index contributed by atoms with van der Waals surface area (Å²) in [6.45, 7) is 3.55. The summed E-state index contributed by atoms with van der Waals surface area (Å²) in [5, 5.41) is 8.99. The number of ether oxygens (including phenoxy) is 1. The van der Waals surface area contributed by atoms with Crippen molar-refractivity contribution in [1.29, 1.82) is 5.26 Å². The van der Waals surface area contributed by atoms with E-state index in [4.69, 9.17) is 10.00 Å². The number of hydrogen-bond acceptors (Lipinski definition) is 5. The summed E-state index contributed by atoms with van der Waals surface area (Å²) in [6, 6.07) is 13.8. The first-order valence-electron chi connectivity index (χ1n) is 7.31. The Bertz CT molecular complexity index is 687. The third-order valence-corrected chi connectivity index (χ3v) is 3.90. The van der Waals surface area contributed by atoms with Crippen molar-refractivity contribution in [3.05, 3.63) is 48.2 Å². The fourth-order valence-corrected chi connectivity index (χ4v) is 2.73. The molecule has 5 heteroatoms. The van der Waals surface area contributed by atoms with Crippen molar-refractivity contribution in [2.45, 2.75) is 0 Å². The van der Waals surface area contributed by atoms with Crippen LogP contribution in [0.1, 0.15) is 5.56 Å². The number of para-hydroxylation sites is 2. The van der Waals surface area contributed by atoms with E-state index in [9.17, 15) is 0 Å². The molecule has 2 heterocycles. The Hall–Kier alpha value is -2.74. The molecule has 0 saturated carbocycles. The number of methoxy groups -OCH3 is 1. The van der Waals surface area contributed by atoms with Gasteiger partial charge in [-0.15, -0.1) is 0 Å². The molecule has 1 saturated heterocycles. The zero-order valence-corrected chi connectivity index (χ0v) is 12.6. The van der Waals surface area contributed by atoms with Crippen LogP contribution in [0.3, 0.4) is 0 Å². The molecule has 1 aliphatic rings. The molecule has 0 N–H and O–H groups in total. The van der Waals surface area contributed by atoms with Crippen LogP contribution in [-0.2, 0) is 0 Å². The molecule has 22 heavy (non-hydrogen) atoms. The van der Waals surface area contributed by atoms with Crippen LogP contribution in [-0.4, -0.2) is 38.3 Å². The first-order valence-corrected chi connectivity index (χ1v) is 7.31. The molecule has 0 bridgehead atoms. The van der Waals surface area contributed by atoms with Crippen LogP contribution in [0, 0.1) is 11.3 Å². The number of rotatable bonds is 3. The fraction of sp³-hybridized carbons (Fsp3) is 0.294. The van der Waals surface area contributed by atoms with Crippen LogP contribution >= 0.6 is 0 Å². The predicted octanol–water partition coefficient (Wildman–Crippen LogP) is 2.29.